The van der Waals surface area contributed by atoms with Crippen molar-refractivity contribution >= 4 is 12.2 Å². The summed E-state index contributed by atoms with van der Waals surface area (Å²) in [5.74, 6) is 0. The molecule has 0 amide bonds. The molecule has 1 rings (SSSR count). The SMILES string of the molecule is C=C/C=C\c1nncc(C)c1/C=C\C. The van der Waals surface area contributed by atoms with E-state index in [1.165, 1.54) is 0 Å². The number of hydrogen-bond acceptors (Lipinski definition) is 2. The maximum atomic E-state index is 4.06. The molecule has 0 spiro atoms. The summed E-state index contributed by atoms with van der Waals surface area (Å²) >= 11 is 0. The zero-order valence-corrected chi connectivity index (χ0v) is 8.57. The van der Waals surface area contributed by atoms with Crippen LogP contribution in [-0.4, -0.2) is 10.2 Å². The molecular formula is C12H14N2. The van der Waals surface area contributed by atoms with E-state index < -0.39 is 0 Å². The van der Waals surface area contributed by atoms with E-state index in [1.54, 1.807) is 12.3 Å². The molecule has 0 N–H and O–H groups in total. The fourth-order valence-electron chi connectivity index (χ4n) is 1.17. The minimum absolute atomic E-state index is 0.878. The Balaban J connectivity index is 3.20. The lowest BCUT2D eigenvalue weighted by atomic mass is 10.1. The van der Waals surface area contributed by atoms with Crippen LogP contribution in [0.2, 0.25) is 0 Å². The van der Waals surface area contributed by atoms with Gasteiger partial charge in [-0.15, -0.1) is 0 Å². The minimum Gasteiger partial charge on any atom is -0.158 e. The molecule has 0 aliphatic heterocycles. The van der Waals surface area contributed by atoms with Crippen molar-refractivity contribution in [1.29, 1.82) is 0 Å². The van der Waals surface area contributed by atoms with Gasteiger partial charge in [0, 0.05) is 5.56 Å². The monoisotopic (exact) mass is 186 g/mol. The first kappa shape index (κ1) is 10.4. The molecular weight excluding hydrogens is 172 g/mol. The molecule has 1 aromatic rings. The Morgan fingerprint density at radius 1 is 1.36 bits per heavy atom. The van der Waals surface area contributed by atoms with Gasteiger partial charge in [0.2, 0.25) is 0 Å². The first-order valence-corrected chi connectivity index (χ1v) is 4.53. The van der Waals surface area contributed by atoms with Crippen LogP contribution in [0.1, 0.15) is 23.7 Å². The van der Waals surface area contributed by atoms with Gasteiger partial charge in [0.1, 0.15) is 0 Å². The lowest BCUT2D eigenvalue weighted by Gasteiger charge is -2.01. The highest BCUT2D eigenvalue weighted by Gasteiger charge is 2.00. The van der Waals surface area contributed by atoms with Crippen molar-refractivity contribution in [3.8, 4) is 0 Å². The molecule has 72 valence electrons. The molecule has 0 bridgehead atoms. The summed E-state index contributed by atoms with van der Waals surface area (Å²) in [4.78, 5) is 0. The van der Waals surface area contributed by atoms with Gasteiger partial charge in [-0.1, -0.05) is 30.9 Å². The van der Waals surface area contributed by atoms with E-state index in [4.69, 9.17) is 0 Å². The van der Waals surface area contributed by atoms with Crippen LogP contribution >= 0.6 is 0 Å². The molecule has 0 saturated heterocycles. The summed E-state index contributed by atoms with van der Waals surface area (Å²) in [5, 5.41) is 7.97. The van der Waals surface area contributed by atoms with Gasteiger partial charge in [-0.3, -0.25) is 0 Å². The summed E-state index contributed by atoms with van der Waals surface area (Å²) in [6.07, 6.45) is 11.3. The van der Waals surface area contributed by atoms with E-state index in [0.717, 1.165) is 16.8 Å². The predicted molar refractivity (Wildman–Crippen MR) is 60.7 cm³/mol. The Kier molecular flexibility index (Phi) is 3.80. The number of aryl methyl sites for hydroxylation is 1. The third-order valence-corrected chi connectivity index (χ3v) is 1.84. The van der Waals surface area contributed by atoms with Crippen molar-refractivity contribution in [2.45, 2.75) is 13.8 Å². The van der Waals surface area contributed by atoms with E-state index in [-0.39, 0.29) is 0 Å². The second kappa shape index (κ2) is 5.12. The highest BCUT2D eigenvalue weighted by atomic mass is 15.1. The van der Waals surface area contributed by atoms with Crippen LogP contribution in [0.5, 0.6) is 0 Å². The molecule has 14 heavy (non-hydrogen) atoms. The van der Waals surface area contributed by atoms with E-state index in [1.807, 2.05) is 38.2 Å². The fraction of sp³-hybridized carbons (Fsp3) is 0.167. The fourth-order valence-corrected chi connectivity index (χ4v) is 1.17. The van der Waals surface area contributed by atoms with Crippen LogP contribution in [-0.2, 0) is 0 Å². The van der Waals surface area contributed by atoms with Crippen LogP contribution in [0.4, 0.5) is 0 Å². The molecule has 0 radical (unpaired) electrons. The number of hydrogen-bond donors (Lipinski definition) is 0. The van der Waals surface area contributed by atoms with Gasteiger partial charge < -0.3 is 0 Å². The van der Waals surface area contributed by atoms with Gasteiger partial charge in [-0.2, -0.15) is 10.2 Å². The van der Waals surface area contributed by atoms with Crippen LogP contribution < -0.4 is 0 Å². The van der Waals surface area contributed by atoms with E-state index in [9.17, 15) is 0 Å². The van der Waals surface area contributed by atoms with Gasteiger partial charge in [-0.25, -0.2) is 0 Å². The zero-order chi connectivity index (χ0) is 10.4. The first-order valence-electron chi connectivity index (χ1n) is 4.53. The smallest absolute Gasteiger partial charge is 0.0932 e. The average molecular weight is 186 g/mol. The Labute approximate surface area is 84.7 Å². The van der Waals surface area contributed by atoms with Crippen LogP contribution in [0.25, 0.3) is 12.2 Å². The molecule has 0 aromatic carbocycles. The van der Waals surface area contributed by atoms with Crippen molar-refractivity contribution in [3.05, 3.63) is 47.8 Å². The van der Waals surface area contributed by atoms with E-state index in [2.05, 4.69) is 16.8 Å². The van der Waals surface area contributed by atoms with E-state index in [0.29, 0.717) is 0 Å². The summed E-state index contributed by atoms with van der Waals surface area (Å²) in [7, 11) is 0. The summed E-state index contributed by atoms with van der Waals surface area (Å²) in [6.45, 7) is 7.63. The zero-order valence-electron chi connectivity index (χ0n) is 8.57. The largest absolute Gasteiger partial charge is 0.158 e. The number of allylic oxidation sites excluding steroid dienone is 3. The average Bonchev–Trinajstić information content (AvgIpc) is 2.19. The maximum absolute atomic E-state index is 4.06. The molecule has 0 unspecified atom stereocenters. The molecule has 0 aliphatic rings. The third kappa shape index (κ3) is 2.39. The molecule has 0 aliphatic carbocycles. The molecule has 1 heterocycles. The molecule has 2 heteroatoms. The van der Waals surface area contributed by atoms with Gasteiger partial charge in [0.15, 0.2) is 0 Å². The second-order valence-electron chi connectivity index (χ2n) is 2.92. The van der Waals surface area contributed by atoms with Crippen LogP contribution in [0.15, 0.2) is 31.0 Å². The highest BCUT2D eigenvalue weighted by molar-refractivity contribution is 5.64. The lowest BCUT2D eigenvalue weighted by molar-refractivity contribution is 0.996. The number of nitrogens with zero attached hydrogens (tertiary/aromatic N) is 2. The van der Waals surface area contributed by atoms with Crippen molar-refractivity contribution < 1.29 is 0 Å². The van der Waals surface area contributed by atoms with Gasteiger partial charge in [0.25, 0.3) is 0 Å². The van der Waals surface area contributed by atoms with Crippen molar-refractivity contribution in [3.63, 3.8) is 0 Å². The predicted octanol–water partition coefficient (Wildman–Crippen LogP) is 3.02. The standard InChI is InChI=1S/C12H14N2/c1-4-6-8-12-11(7-5-2)10(3)9-13-14-12/h4-9H,1H2,2-3H3/b7-5-,8-6-. The molecule has 0 atom stereocenters. The summed E-state index contributed by atoms with van der Waals surface area (Å²) in [5.41, 5.74) is 3.12. The maximum Gasteiger partial charge on any atom is 0.0932 e. The van der Waals surface area contributed by atoms with Crippen LogP contribution in [0, 0.1) is 6.92 Å². The summed E-state index contributed by atoms with van der Waals surface area (Å²) < 4.78 is 0. The minimum atomic E-state index is 0.878. The Morgan fingerprint density at radius 3 is 2.79 bits per heavy atom. The lowest BCUT2D eigenvalue weighted by Crippen LogP contribution is -1.93. The van der Waals surface area contributed by atoms with Crippen molar-refractivity contribution in [1.82, 2.24) is 10.2 Å². The first-order chi connectivity index (χ1) is 6.79. The molecule has 1 aromatic heterocycles. The molecule has 0 fully saturated rings. The van der Waals surface area contributed by atoms with Gasteiger partial charge >= 0.3 is 0 Å². The van der Waals surface area contributed by atoms with Crippen molar-refractivity contribution in [2.24, 2.45) is 0 Å². The topological polar surface area (TPSA) is 25.8 Å². The second-order valence-corrected chi connectivity index (χ2v) is 2.92. The van der Waals surface area contributed by atoms with E-state index >= 15 is 0 Å². The molecule has 2 nitrogen and oxygen atoms in total. The Bertz CT molecular complexity index is 376. The summed E-state index contributed by atoms with van der Waals surface area (Å²) in [6, 6.07) is 0. The van der Waals surface area contributed by atoms with Gasteiger partial charge in [-0.05, 0) is 25.5 Å². The number of rotatable bonds is 3. The Morgan fingerprint density at radius 2 is 2.14 bits per heavy atom. The van der Waals surface area contributed by atoms with Crippen LogP contribution in [0.3, 0.4) is 0 Å². The normalized spacial score (nSPS) is 11.3. The quantitative estimate of drug-likeness (QED) is 0.678. The van der Waals surface area contributed by atoms with Gasteiger partial charge in [0.05, 0.1) is 11.9 Å². The van der Waals surface area contributed by atoms with Crippen molar-refractivity contribution in [2.75, 3.05) is 0 Å². The molecule has 0 saturated carbocycles. The highest BCUT2D eigenvalue weighted by Crippen LogP contribution is 2.13. The Hall–Kier alpha value is -1.70. The number of aromatic nitrogens is 2. The third-order valence-electron chi connectivity index (χ3n) is 1.84.